The van der Waals surface area contributed by atoms with Gasteiger partial charge >= 0.3 is 11.9 Å². The van der Waals surface area contributed by atoms with Crippen molar-refractivity contribution in [3.63, 3.8) is 0 Å². The highest BCUT2D eigenvalue weighted by molar-refractivity contribution is 7.90. The Labute approximate surface area is 192 Å². The van der Waals surface area contributed by atoms with E-state index in [2.05, 4.69) is 5.32 Å². The number of carbonyl (C=O) groups is 2. The van der Waals surface area contributed by atoms with Crippen LogP contribution in [0.3, 0.4) is 0 Å². The van der Waals surface area contributed by atoms with E-state index in [-0.39, 0.29) is 37.9 Å². The predicted octanol–water partition coefficient (Wildman–Crippen LogP) is 4.49. The Kier molecular flexibility index (Phi) is 6.93. The molecule has 1 amide bonds. The minimum Gasteiger partial charge on any atom is -0.507 e. The molecule has 3 rings (SSSR count). The summed E-state index contributed by atoms with van der Waals surface area (Å²) in [5.41, 5.74) is 0.569. The topological polar surface area (TPSA) is 130 Å². The van der Waals surface area contributed by atoms with Gasteiger partial charge in [0.05, 0.1) is 15.8 Å². The molecule has 0 aromatic heterocycles. The number of rotatable bonds is 6. The molecule has 32 heavy (non-hydrogen) atoms. The molecular formula is C21H15Cl2NO7S. The van der Waals surface area contributed by atoms with Gasteiger partial charge in [0, 0.05) is 11.8 Å². The maximum absolute atomic E-state index is 12.8. The first kappa shape index (κ1) is 23.4. The van der Waals surface area contributed by atoms with Gasteiger partial charge in [-0.25, -0.2) is 13.2 Å². The quantitative estimate of drug-likeness (QED) is 0.429. The van der Waals surface area contributed by atoms with Crippen LogP contribution >= 0.6 is 23.2 Å². The molecule has 0 fully saturated rings. The van der Waals surface area contributed by atoms with Crippen LogP contribution in [-0.2, 0) is 25.2 Å². The summed E-state index contributed by atoms with van der Waals surface area (Å²) < 4.78 is 31.2. The smallest absolute Gasteiger partial charge is 0.394 e. The van der Waals surface area contributed by atoms with E-state index >= 15 is 0 Å². The summed E-state index contributed by atoms with van der Waals surface area (Å²) in [6.07, 6.45) is 0. The Morgan fingerprint density at radius 1 is 0.969 bits per heavy atom. The molecule has 0 saturated heterocycles. The predicted molar refractivity (Wildman–Crippen MR) is 118 cm³/mol. The number of carbonyl (C=O) groups excluding carboxylic acids is 1. The number of phenols is 1. The number of anilines is 1. The lowest BCUT2D eigenvalue weighted by atomic mass is 10.2. The average molecular weight is 496 g/mol. The van der Waals surface area contributed by atoms with Crippen molar-refractivity contribution < 1.29 is 33.0 Å². The second kappa shape index (κ2) is 9.47. The van der Waals surface area contributed by atoms with Gasteiger partial charge < -0.3 is 20.3 Å². The highest BCUT2D eigenvalue weighted by Gasteiger charge is 2.22. The zero-order valence-electron chi connectivity index (χ0n) is 16.1. The first-order chi connectivity index (χ1) is 15.1. The van der Waals surface area contributed by atoms with E-state index in [0.29, 0.717) is 5.56 Å². The Morgan fingerprint density at radius 3 is 2.19 bits per heavy atom. The molecule has 3 N–H and O–H groups in total. The summed E-state index contributed by atoms with van der Waals surface area (Å²) in [4.78, 5) is 21.6. The van der Waals surface area contributed by atoms with Crippen LogP contribution in [0.15, 0.2) is 65.6 Å². The fourth-order valence-corrected chi connectivity index (χ4v) is 4.74. The lowest BCUT2D eigenvalue weighted by Crippen LogP contribution is -2.21. The molecule has 0 aliphatic heterocycles. The molecule has 0 aliphatic rings. The summed E-state index contributed by atoms with van der Waals surface area (Å²) in [6.45, 7) is 0. The van der Waals surface area contributed by atoms with Crippen LogP contribution in [-0.4, -0.2) is 30.5 Å². The van der Waals surface area contributed by atoms with Gasteiger partial charge in [0.2, 0.25) is 0 Å². The number of hydrogen-bond donors (Lipinski definition) is 3. The number of benzene rings is 3. The summed E-state index contributed by atoms with van der Waals surface area (Å²) in [6, 6.07) is 14.5. The second-order valence-corrected chi connectivity index (χ2v) is 9.28. The molecule has 0 radical (unpaired) electrons. The number of amides is 1. The zero-order chi connectivity index (χ0) is 23.5. The van der Waals surface area contributed by atoms with Crippen molar-refractivity contribution >= 4 is 50.6 Å². The van der Waals surface area contributed by atoms with Gasteiger partial charge in [-0.3, -0.25) is 4.79 Å². The fourth-order valence-electron chi connectivity index (χ4n) is 2.71. The lowest BCUT2D eigenvalue weighted by molar-refractivity contribution is -0.147. The number of ether oxygens (including phenoxy) is 1. The molecule has 0 spiro atoms. The van der Waals surface area contributed by atoms with E-state index in [0.717, 1.165) is 12.1 Å². The molecule has 8 nitrogen and oxygen atoms in total. The van der Waals surface area contributed by atoms with Gasteiger partial charge in [0.1, 0.15) is 16.4 Å². The third kappa shape index (κ3) is 5.50. The Bertz CT molecular complexity index is 1270. The molecule has 0 unspecified atom stereocenters. The SMILES string of the molecule is O=C(O)C(=O)Nc1cc(Cl)c(Oc2ccc(O)c(S(=O)(=O)Cc3ccccc3)c2)c(Cl)c1. The van der Waals surface area contributed by atoms with Crippen LogP contribution in [0.4, 0.5) is 5.69 Å². The monoisotopic (exact) mass is 495 g/mol. The van der Waals surface area contributed by atoms with Crippen LogP contribution in [0.5, 0.6) is 17.2 Å². The van der Waals surface area contributed by atoms with Crippen LogP contribution in [0, 0.1) is 0 Å². The number of carboxylic acid groups (broad SMARTS) is 1. The van der Waals surface area contributed by atoms with Crippen LogP contribution in [0.1, 0.15) is 5.56 Å². The molecule has 3 aromatic rings. The van der Waals surface area contributed by atoms with E-state index in [4.69, 9.17) is 33.0 Å². The number of aromatic hydroxyl groups is 1. The molecule has 3 aromatic carbocycles. The van der Waals surface area contributed by atoms with Crippen LogP contribution in [0.25, 0.3) is 0 Å². The highest BCUT2D eigenvalue weighted by atomic mass is 35.5. The van der Waals surface area contributed by atoms with Crippen molar-refractivity contribution in [1.29, 1.82) is 0 Å². The lowest BCUT2D eigenvalue weighted by Gasteiger charge is -2.13. The molecule has 0 bridgehead atoms. The minimum atomic E-state index is -3.91. The molecule has 0 aliphatic carbocycles. The number of halogens is 2. The van der Waals surface area contributed by atoms with E-state index in [1.54, 1.807) is 30.3 Å². The Balaban J connectivity index is 1.89. The van der Waals surface area contributed by atoms with Gasteiger partial charge in [0.25, 0.3) is 0 Å². The minimum absolute atomic E-state index is 0.0246. The van der Waals surface area contributed by atoms with E-state index in [9.17, 15) is 23.1 Å². The van der Waals surface area contributed by atoms with Gasteiger partial charge in [-0.05, 0) is 29.8 Å². The van der Waals surface area contributed by atoms with Gasteiger partial charge in [-0.15, -0.1) is 0 Å². The second-order valence-electron chi connectivity index (χ2n) is 6.50. The Morgan fingerprint density at radius 2 is 1.59 bits per heavy atom. The van der Waals surface area contributed by atoms with Crippen molar-refractivity contribution in [1.82, 2.24) is 0 Å². The fraction of sp³-hybridized carbons (Fsp3) is 0.0476. The molecule has 166 valence electrons. The number of nitrogens with one attached hydrogen (secondary N) is 1. The molecule has 0 heterocycles. The van der Waals surface area contributed by atoms with Gasteiger partial charge in [-0.1, -0.05) is 53.5 Å². The molecule has 0 atom stereocenters. The van der Waals surface area contributed by atoms with Gasteiger partial charge in [-0.2, -0.15) is 0 Å². The molecule has 11 heteroatoms. The van der Waals surface area contributed by atoms with Crippen molar-refractivity contribution in [2.75, 3.05) is 5.32 Å². The van der Waals surface area contributed by atoms with Crippen LogP contribution < -0.4 is 10.1 Å². The van der Waals surface area contributed by atoms with Crippen molar-refractivity contribution in [2.24, 2.45) is 0 Å². The highest BCUT2D eigenvalue weighted by Crippen LogP contribution is 2.40. The van der Waals surface area contributed by atoms with E-state index < -0.39 is 27.5 Å². The van der Waals surface area contributed by atoms with Crippen molar-refractivity contribution in [3.8, 4) is 17.2 Å². The summed E-state index contributed by atoms with van der Waals surface area (Å²) >= 11 is 12.3. The standard InChI is InChI=1S/C21H15Cl2NO7S/c22-15-8-13(24-20(26)21(27)28)9-16(23)19(15)31-14-6-7-17(25)18(10-14)32(29,30)11-12-4-2-1-3-5-12/h1-10,25H,11H2,(H,24,26)(H,27,28). The molecular weight excluding hydrogens is 481 g/mol. The maximum Gasteiger partial charge on any atom is 0.394 e. The molecule has 0 saturated carbocycles. The normalized spacial score (nSPS) is 11.1. The maximum atomic E-state index is 12.8. The first-order valence-corrected chi connectivity index (χ1v) is 11.3. The Hall–Kier alpha value is -3.27. The number of phenolic OH excluding ortho intramolecular Hbond substituents is 1. The van der Waals surface area contributed by atoms with Crippen molar-refractivity contribution in [3.05, 3.63) is 76.3 Å². The summed E-state index contributed by atoms with van der Waals surface area (Å²) in [5, 5.41) is 20.7. The summed E-state index contributed by atoms with van der Waals surface area (Å²) in [5.74, 6) is -3.77. The number of carboxylic acids is 1. The van der Waals surface area contributed by atoms with Crippen LogP contribution in [0.2, 0.25) is 10.0 Å². The zero-order valence-corrected chi connectivity index (χ0v) is 18.4. The number of sulfone groups is 1. The van der Waals surface area contributed by atoms with Crippen molar-refractivity contribution in [2.45, 2.75) is 10.6 Å². The average Bonchev–Trinajstić information content (AvgIpc) is 2.72. The van der Waals surface area contributed by atoms with E-state index in [1.807, 2.05) is 0 Å². The number of hydrogen-bond acceptors (Lipinski definition) is 6. The van der Waals surface area contributed by atoms with Gasteiger partial charge in [0.15, 0.2) is 15.6 Å². The largest absolute Gasteiger partial charge is 0.507 e. The van der Waals surface area contributed by atoms with E-state index in [1.165, 1.54) is 18.2 Å². The first-order valence-electron chi connectivity index (χ1n) is 8.87. The third-order valence-electron chi connectivity index (χ3n) is 4.14. The third-order valence-corrected chi connectivity index (χ3v) is 6.41. The number of aliphatic carboxylic acids is 1. The summed E-state index contributed by atoms with van der Waals surface area (Å²) in [7, 11) is -3.91.